The molecule has 0 spiro atoms. The number of ether oxygens (including phenoxy) is 1. The van der Waals surface area contributed by atoms with Crippen LogP contribution in [0.1, 0.15) is 41.4 Å². The Balaban J connectivity index is 1.49. The van der Waals surface area contributed by atoms with Crippen LogP contribution >= 0.6 is 0 Å². The van der Waals surface area contributed by atoms with E-state index in [2.05, 4.69) is 25.2 Å². The highest BCUT2D eigenvalue weighted by molar-refractivity contribution is 5.18. The number of pyridine rings is 1. The largest absolute Gasteiger partial charge is 0.481 e. The SMILES string of the molecule is COc1cccc(Cc2noc([C@H]3CCc4nc(C)nn4C3)n2)n1. The van der Waals surface area contributed by atoms with E-state index >= 15 is 0 Å². The first kappa shape index (κ1) is 14.8. The van der Waals surface area contributed by atoms with Gasteiger partial charge in [0, 0.05) is 12.5 Å². The van der Waals surface area contributed by atoms with E-state index in [0.717, 1.165) is 36.7 Å². The van der Waals surface area contributed by atoms with E-state index in [1.54, 1.807) is 7.11 Å². The van der Waals surface area contributed by atoms with Gasteiger partial charge in [-0.1, -0.05) is 11.2 Å². The molecule has 0 aromatic carbocycles. The number of aromatic nitrogens is 6. The number of fused-ring (bicyclic) bond motifs is 1. The second-order valence-corrected chi connectivity index (χ2v) is 5.89. The van der Waals surface area contributed by atoms with Gasteiger partial charge in [-0.05, 0) is 19.4 Å². The van der Waals surface area contributed by atoms with Crippen molar-refractivity contribution >= 4 is 0 Å². The molecule has 124 valence electrons. The van der Waals surface area contributed by atoms with Gasteiger partial charge in [0.1, 0.15) is 11.6 Å². The van der Waals surface area contributed by atoms with Crippen LogP contribution in [-0.2, 0) is 19.4 Å². The molecule has 8 heteroatoms. The molecule has 0 fully saturated rings. The van der Waals surface area contributed by atoms with Crippen molar-refractivity contribution in [1.29, 1.82) is 0 Å². The number of hydrogen-bond acceptors (Lipinski definition) is 7. The molecule has 0 saturated carbocycles. The van der Waals surface area contributed by atoms with E-state index in [1.807, 2.05) is 29.8 Å². The van der Waals surface area contributed by atoms with Crippen LogP contribution in [-0.4, -0.2) is 37.0 Å². The third-order valence-electron chi connectivity index (χ3n) is 4.13. The Hall–Kier alpha value is -2.77. The van der Waals surface area contributed by atoms with Crippen LogP contribution in [0.2, 0.25) is 0 Å². The van der Waals surface area contributed by atoms with Gasteiger partial charge in [-0.25, -0.2) is 14.6 Å². The topological polar surface area (TPSA) is 91.8 Å². The maximum atomic E-state index is 5.47. The van der Waals surface area contributed by atoms with E-state index in [4.69, 9.17) is 9.26 Å². The van der Waals surface area contributed by atoms with Gasteiger partial charge >= 0.3 is 0 Å². The van der Waals surface area contributed by atoms with Gasteiger partial charge in [-0.3, -0.25) is 0 Å². The number of nitrogens with zero attached hydrogens (tertiary/aromatic N) is 6. The summed E-state index contributed by atoms with van der Waals surface area (Å²) in [6, 6.07) is 5.63. The molecule has 0 aliphatic carbocycles. The Morgan fingerprint density at radius 2 is 2.21 bits per heavy atom. The smallest absolute Gasteiger partial charge is 0.231 e. The fourth-order valence-corrected chi connectivity index (χ4v) is 2.97. The molecule has 4 heterocycles. The molecular formula is C16H18N6O2. The minimum atomic E-state index is 0.179. The average molecular weight is 326 g/mol. The molecule has 3 aromatic heterocycles. The minimum Gasteiger partial charge on any atom is -0.481 e. The van der Waals surface area contributed by atoms with Crippen molar-refractivity contribution in [2.45, 2.75) is 38.6 Å². The van der Waals surface area contributed by atoms with E-state index in [9.17, 15) is 0 Å². The summed E-state index contributed by atoms with van der Waals surface area (Å²) in [6.07, 6.45) is 2.33. The molecule has 1 aliphatic rings. The van der Waals surface area contributed by atoms with Gasteiger partial charge in [0.2, 0.25) is 11.8 Å². The zero-order chi connectivity index (χ0) is 16.5. The summed E-state index contributed by atoms with van der Waals surface area (Å²) in [6.45, 7) is 2.64. The summed E-state index contributed by atoms with van der Waals surface area (Å²) >= 11 is 0. The van der Waals surface area contributed by atoms with Crippen molar-refractivity contribution in [2.75, 3.05) is 7.11 Å². The first-order valence-electron chi connectivity index (χ1n) is 7.94. The Bertz CT molecular complexity index is 856. The van der Waals surface area contributed by atoms with Gasteiger partial charge in [-0.15, -0.1) is 0 Å². The second-order valence-electron chi connectivity index (χ2n) is 5.89. The molecule has 3 aromatic rings. The predicted octanol–water partition coefficient (Wildman–Crippen LogP) is 1.69. The van der Waals surface area contributed by atoms with Crippen molar-refractivity contribution in [3.63, 3.8) is 0 Å². The number of methoxy groups -OCH3 is 1. The lowest BCUT2D eigenvalue weighted by molar-refractivity contribution is 0.306. The lowest BCUT2D eigenvalue weighted by Crippen LogP contribution is -2.20. The molecule has 0 unspecified atom stereocenters. The van der Waals surface area contributed by atoms with Gasteiger partial charge < -0.3 is 9.26 Å². The normalized spacial score (nSPS) is 16.8. The number of rotatable bonds is 4. The molecule has 0 amide bonds. The predicted molar refractivity (Wildman–Crippen MR) is 83.7 cm³/mol. The van der Waals surface area contributed by atoms with Crippen LogP contribution < -0.4 is 4.74 Å². The van der Waals surface area contributed by atoms with Crippen LogP contribution in [0, 0.1) is 6.92 Å². The van der Waals surface area contributed by atoms with E-state index in [0.29, 0.717) is 24.0 Å². The Labute approximate surface area is 138 Å². The van der Waals surface area contributed by atoms with Crippen molar-refractivity contribution in [2.24, 2.45) is 0 Å². The van der Waals surface area contributed by atoms with Crippen LogP contribution in [0.5, 0.6) is 5.88 Å². The highest BCUT2D eigenvalue weighted by Gasteiger charge is 2.26. The Kier molecular flexibility index (Phi) is 3.72. The molecule has 8 nitrogen and oxygen atoms in total. The van der Waals surface area contributed by atoms with Crippen LogP contribution in [0.3, 0.4) is 0 Å². The van der Waals surface area contributed by atoms with Crippen molar-refractivity contribution in [3.05, 3.63) is 47.3 Å². The van der Waals surface area contributed by atoms with E-state index < -0.39 is 0 Å². The Morgan fingerprint density at radius 3 is 3.08 bits per heavy atom. The monoisotopic (exact) mass is 326 g/mol. The zero-order valence-corrected chi connectivity index (χ0v) is 13.6. The molecule has 0 saturated heterocycles. The third-order valence-corrected chi connectivity index (χ3v) is 4.13. The standard InChI is InChI=1S/C16H18N6O2/c1-10-17-14-7-6-11(9-22(14)20-10)16-19-13(21-24-16)8-12-4-3-5-15(18-12)23-2/h3-5,11H,6-9H2,1-2H3/t11-/m0/s1. The fourth-order valence-electron chi connectivity index (χ4n) is 2.97. The lowest BCUT2D eigenvalue weighted by Gasteiger charge is -2.18. The van der Waals surface area contributed by atoms with Crippen molar-refractivity contribution in [3.8, 4) is 5.88 Å². The fraction of sp³-hybridized carbons (Fsp3) is 0.438. The quantitative estimate of drug-likeness (QED) is 0.720. The second kappa shape index (κ2) is 6.03. The van der Waals surface area contributed by atoms with E-state index in [-0.39, 0.29) is 5.92 Å². The molecule has 0 radical (unpaired) electrons. The Morgan fingerprint density at radius 1 is 1.29 bits per heavy atom. The molecule has 24 heavy (non-hydrogen) atoms. The lowest BCUT2D eigenvalue weighted by atomic mass is 10.00. The van der Waals surface area contributed by atoms with Crippen LogP contribution in [0.15, 0.2) is 22.7 Å². The zero-order valence-electron chi connectivity index (χ0n) is 13.6. The molecular weight excluding hydrogens is 308 g/mol. The van der Waals surface area contributed by atoms with Crippen molar-refractivity contribution in [1.82, 2.24) is 29.9 Å². The van der Waals surface area contributed by atoms with Crippen LogP contribution in [0.25, 0.3) is 0 Å². The van der Waals surface area contributed by atoms with Gasteiger partial charge in [-0.2, -0.15) is 10.1 Å². The van der Waals surface area contributed by atoms with Crippen molar-refractivity contribution < 1.29 is 9.26 Å². The minimum absolute atomic E-state index is 0.179. The van der Waals surface area contributed by atoms with Gasteiger partial charge in [0.15, 0.2) is 5.82 Å². The first-order chi connectivity index (χ1) is 11.7. The summed E-state index contributed by atoms with van der Waals surface area (Å²) in [7, 11) is 1.60. The summed E-state index contributed by atoms with van der Waals surface area (Å²) in [5.41, 5.74) is 0.847. The summed E-state index contributed by atoms with van der Waals surface area (Å²) in [5, 5.41) is 8.50. The maximum absolute atomic E-state index is 5.47. The van der Waals surface area contributed by atoms with Gasteiger partial charge in [0.25, 0.3) is 0 Å². The summed E-state index contributed by atoms with van der Waals surface area (Å²) in [4.78, 5) is 13.3. The molecule has 0 bridgehead atoms. The highest BCUT2D eigenvalue weighted by Crippen LogP contribution is 2.27. The molecule has 1 aliphatic heterocycles. The van der Waals surface area contributed by atoms with Gasteiger partial charge in [0.05, 0.1) is 31.7 Å². The number of hydrogen-bond donors (Lipinski definition) is 0. The first-order valence-corrected chi connectivity index (χ1v) is 7.94. The third kappa shape index (κ3) is 2.86. The number of aryl methyl sites for hydroxylation is 2. The molecule has 4 rings (SSSR count). The average Bonchev–Trinajstić information content (AvgIpc) is 3.19. The summed E-state index contributed by atoms with van der Waals surface area (Å²) in [5.74, 6) is 3.89. The molecule has 0 N–H and O–H groups in total. The highest BCUT2D eigenvalue weighted by atomic mass is 16.5. The summed E-state index contributed by atoms with van der Waals surface area (Å²) < 4.78 is 12.6. The van der Waals surface area contributed by atoms with Crippen LogP contribution in [0.4, 0.5) is 0 Å². The maximum Gasteiger partial charge on any atom is 0.231 e. The molecule has 1 atom stereocenters. The van der Waals surface area contributed by atoms with E-state index in [1.165, 1.54) is 0 Å².